The molecule has 1 aliphatic rings. The quantitative estimate of drug-likeness (QED) is 0.650. The Labute approximate surface area is 81.2 Å². The minimum atomic E-state index is 0.376. The minimum Gasteiger partial charge on any atom is -0.348 e. The molecule has 0 N–H and O–H groups in total. The van der Waals surface area contributed by atoms with Crippen molar-refractivity contribution < 1.29 is 0 Å². The van der Waals surface area contributed by atoms with E-state index < -0.39 is 0 Å². The molecule has 12 heavy (non-hydrogen) atoms. The maximum absolute atomic E-state index is 6.00. The van der Waals surface area contributed by atoms with Crippen LogP contribution in [0, 0.1) is 0 Å². The highest BCUT2D eigenvalue weighted by atomic mass is 35.5. The molecule has 0 aromatic carbocycles. The number of alkyl halides is 1. The highest BCUT2D eigenvalue weighted by Crippen LogP contribution is 2.23. The van der Waals surface area contributed by atoms with Crippen LogP contribution in [0.4, 0.5) is 5.13 Å². The lowest BCUT2D eigenvalue weighted by Gasteiger charge is -2.28. The topological polar surface area (TPSA) is 16.1 Å². The monoisotopic (exact) mass is 202 g/mol. The van der Waals surface area contributed by atoms with Gasteiger partial charge in [-0.3, -0.25) is 0 Å². The van der Waals surface area contributed by atoms with E-state index in [0.29, 0.717) is 5.38 Å². The van der Waals surface area contributed by atoms with Crippen LogP contribution in [0.2, 0.25) is 0 Å². The Morgan fingerprint density at radius 3 is 2.83 bits per heavy atom. The second-order valence-electron chi connectivity index (χ2n) is 2.98. The zero-order valence-corrected chi connectivity index (χ0v) is 8.31. The molecule has 1 aromatic rings. The number of rotatable bonds is 1. The van der Waals surface area contributed by atoms with E-state index >= 15 is 0 Å². The van der Waals surface area contributed by atoms with Crippen LogP contribution in [-0.4, -0.2) is 23.5 Å². The van der Waals surface area contributed by atoms with Gasteiger partial charge in [-0.1, -0.05) is 0 Å². The number of anilines is 1. The van der Waals surface area contributed by atoms with Crippen LogP contribution < -0.4 is 4.90 Å². The first kappa shape index (κ1) is 8.32. The molecule has 0 spiro atoms. The average Bonchev–Trinajstić information content (AvgIpc) is 2.58. The smallest absolute Gasteiger partial charge is 0.185 e. The first-order chi connectivity index (χ1) is 5.86. The molecule has 0 unspecified atom stereocenters. The summed E-state index contributed by atoms with van der Waals surface area (Å²) in [6, 6.07) is 0. The molecule has 66 valence electrons. The molecule has 1 saturated heterocycles. The lowest BCUT2D eigenvalue weighted by Crippen LogP contribution is -2.33. The molecule has 0 atom stereocenters. The molecule has 0 bridgehead atoms. The first-order valence-corrected chi connectivity index (χ1v) is 5.46. The number of aromatic nitrogens is 1. The van der Waals surface area contributed by atoms with Gasteiger partial charge in [0.25, 0.3) is 0 Å². The highest BCUT2D eigenvalue weighted by Gasteiger charge is 2.18. The largest absolute Gasteiger partial charge is 0.348 e. The van der Waals surface area contributed by atoms with Gasteiger partial charge >= 0.3 is 0 Å². The molecule has 2 heterocycles. The van der Waals surface area contributed by atoms with E-state index in [1.165, 1.54) is 0 Å². The van der Waals surface area contributed by atoms with Crippen LogP contribution in [0.1, 0.15) is 12.8 Å². The van der Waals surface area contributed by atoms with Crippen LogP contribution in [-0.2, 0) is 0 Å². The van der Waals surface area contributed by atoms with Crippen LogP contribution in [0.15, 0.2) is 11.6 Å². The molecule has 0 saturated carbocycles. The third-order valence-corrected chi connectivity index (χ3v) is 3.38. The molecule has 2 nitrogen and oxygen atoms in total. The van der Waals surface area contributed by atoms with Crippen molar-refractivity contribution in [3.05, 3.63) is 11.6 Å². The predicted octanol–water partition coefficient (Wildman–Crippen LogP) is 2.35. The third-order valence-electron chi connectivity index (χ3n) is 2.11. The third kappa shape index (κ3) is 1.72. The Kier molecular flexibility index (Phi) is 2.51. The molecule has 0 aliphatic carbocycles. The summed E-state index contributed by atoms with van der Waals surface area (Å²) in [7, 11) is 0. The van der Waals surface area contributed by atoms with Gasteiger partial charge in [-0.25, -0.2) is 4.98 Å². The second-order valence-corrected chi connectivity index (χ2v) is 4.47. The Bertz CT molecular complexity index is 229. The average molecular weight is 203 g/mol. The Hall–Kier alpha value is -0.280. The standard InChI is InChI=1S/C8H11ClN2S/c9-7-1-4-11(5-2-7)8-10-3-6-12-8/h3,6-7H,1-2,4-5H2. The van der Waals surface area contributed by atoms with Gasteiger partial charge in [0.2, 0.25) is 0 Å². The molecular formula is C8H11ClN2S. The van der Waals surface area contributed by atoms with Gasteiger partial charge in [0.1, 0.15) is 0 Å². The van der Waals surface area contributed by atoms with Crippen molar-refractivity contribution in [2.75, 3.05) is 18.0 Å². The molecule has 0 amide bonds. The second kappa shape index (κ2) is 3.62. The van der Waals surface area contributed by atoms with Crippen LogP contribution in [0.25, 0.3) is 0 Å². The van der Waals surface area contributed by atoms with E-state index in [0.717, 1.165) is 31.1 Å². The van der Waals surface area contributed by atoms with Crippen LogP contribution in [0.5, 0.6) is 0 Å². The van der Waals surface area contributed by atoms with Crippen molar-refractivity contribution in [1.29, 1.82) is 0 Å². The van der Waals surface area contributed by atoms with Gasteiger partial charge in [-0.05, 0) is 12.8 Å². The van der Waals surface area contributed by atoms with E-state index in [2.05, 4.69) is 9.88 Å². The molecule has 0 radical (unpaired) electrons. The minimum absolute atomic E-state index is 0.376. The van der Waals surface area contributed by atoms with Gasteiger partial charge in [0.15, 0.2) is 5.13 Å². The predicted molar refractivity (Wildman–Crippen MR) is 53.2 cm³/mol. The summed E-state index contributed by atoms with van der Waals surface area (Å²) in [5.41, 5.74) is 0. The lowest BCUT2D eigenvalue weighted by atomic mass is 10.1. The van der Waals surface area contributed by atoms with Crippen molar-refractivity contribution in [2.45, 2.75) is 18.2 Å². The molecule has 1 fully saturated rings. The van der Waals surface area contributed by atoms with E-state index in [1.54, 1.807) is 11.3 Å². The maximum atomic E-state index is 6.00. The van der Waals surface area contributed by atoms with Crippen molar-refractivity contribution in [2.24, 2.45) is 0 Å². The van der Waals surface area contributed by atoms with Gasteiger partial charge < -0.3 is 4.90 Å². The van der Waals surface area contributed by atoms with Gasteiger partial charge in [-0.2, -0.15) is 0 Å². The molecule has 1 aliphatic heterocycles. The normalized spacial score (nSPS) is 19.9. The zero-order valence-electron chi connectivity index (χ0n) is 6.74. The van der Waals surface area contributed by atoms with E-state index in [9.17, 15) is 0 Å². The van der Waals surface area contributed by atoms with Gasteiger partial charge in [0, 0.05) is 30.0 Å². The Morgan fingerprint density at radius 1 is 1.50 bits per heavy atom. The summed E-state index contributed by atoms with van der Waals surface area (Å²) in [6.45, 7) is 2.11. The number of halogens is 1. The van der Waals surface area contributed by atoms with Crippen LogP contribution >= 0.6 is 22.9 Å². The van der Waals surface area contributed by atoms with Gasteiger partial charge in [0.05, 0.1) is 0 Å². The summed E-state index contributed by atoms with van der Waals surface area (Å²) in [5, 5.41) is 3.53. The van der Waals surface area contributed by atoms with E-state index in [-0.39, 0.29) is 0 Å². The number of hydrogen-bond donors (Lipinski definition) is 0. The van der Waals surface area contributed by atoms with Crippen molar-refractivity contribution in [3.63, 3.8) is 0 Å². The zero-order chi connectivity index (χ0) is 8.39. The first-order valence-electron chi connectivity index (χ1n) is 4.15. The summed E-state index contributed by atoms with van der Waals surface area (Å²) >= 11 is 7.70. The van der Waals surface area contributed by atoms with E-state index in [4.69, 9.17) is 11.6 Å². The number of hydrogen-bond acceptors (Lipinski definition) is 3. The maximum Gasteiger partial charge on any atom is 0.185 e. The van der Waals surface area contributed by atoms with Crippen LogP contribution in [0.3, 0.4) is 0 Å². The number of thiazole rings is 1. The fraction of sp³-hybridized carbons (Fsp3) is 0.625. The van der Waals surface area contributed by atoms with Crippen molar-refractivity contribution in [3.8, 4) is 0 Å². The number of nitrogens with zero attached hydrogens (tertiary/aromatic N) is 2. The fourth-order valence-electron chi connectivity index (χ4n) is 1.41. The molecule has 1 aromatic heterocycles. The Morgan fingerprint density at radius 2 is 2.25 bits per heavy atom. The lowest BCUT2D eigenvalue weighted by molar-refractivity contribution is 0.584. The fourth-order valence-corrected chi connectivity index (χ4v) is 2.30. The van der Waals surface area contributed by atoms with Crippen molar-refractivity contribution >= 4 is 28.1 Å². The summed E-state index contributed by atoms with van der Waals surface area (Å²) in [5.74, 6) is 0. The SMILES string of the molecule is ClC1CCN(c2nccs2)CC1. The highest BCUT2D eigenvalue weighted by molar-refractivity contribution is 7.13. The number of piperidine rings is 1. The molecule has 4 heteroatoms. The van der Waals surface area contributed by atoms with E-state index in [1.807, 2.05) is 11.6 Å². The van der Waals surface area contributed by atoms with Gasteiger partial charge in [-0.15, -0.1) is 22.9 Å². The summed E-state index contributed by atoms with van der Waals surface area (Å²) < 4.78 is 0. The molecular weight excluding hydrogens is 192 g/mol. The summed E-state index contributed by atoms with van der Waals surface area (Å²) in [4.78, 5) is 6.58. The molecule has 2 rings (SSSR count). The summed E-state index contributed by atoms with van der Waals surface area (Å²) in [6.07, 6.45) is 4.02. The van der Waals surface area contributed by atoms with Crippen molar-refractivity contribution in [1.82, 2.24) is 4.98 Å². The Balaban J connectivity index is 1.99.